The van der Waals surface area contributed by atoms with E-state index in [1.165, 1.54) is 16.7 Å². The van der Waals surface area contributed by atoms with E-state index >= 15 is 0 Å². The molecule has 0 bridgehead atoms. The third kappa shape index (κ3) is 7.68. The SMILES string of the molecule is COc1ccc(CNCc2cccc(C)c2)cc1OC[C@@H](O)CN(C)Cc1ccccc1. The molecule has 0 aliphatic rings. The van der Waals surface area contributed by atoms with Gasteiger partial charge in [-0.1, -0.05) is 66.2 Å². The molecular formula is C27H34N2O3. The second kappa shape index (κ2) is 12.2. The molecule has 3 rings (SSSR count). The number of aliphatic hydroxyl groups excluding tert-OH is 1. The Kier molecular flexibility index (Phi) is 9.11. The smallest absolute Gasteiger partial charge is 0.161 e. The Bertz CT molecular complexity index is 962. The average molecular weight is 435 g/mol. The summed E-state index contributed by atoms with van der Waals surface area (Å²) in [7, 11) is 3.62. The Labute approximate surface area is 191 Å². The van der Waals surface area contributed by atoms with Gasteiger partial charge in [0, 0.05) is 26.2 Å². The van der Waals surface area contributed by atoms with E-state index in [1.54, 1.807) is 7.11 Å². The molecule has 32 heavy (non-hydrogen) atoms. The molecule has 0 spiro atoms. The fourth-order valence-electron chi connectivity index (χ4n) is 3.68. The summed E-state index contributed by atoms with van der Waals surface area (Å²) in [5.74, 6) is 1.31. The van der Waals surface area contributed by atoms with Crippen molar-refractivity contribution in [2.45, 2.75) is 32.7 Å². The Morgan fingerprint density at radius 2 is 1.59 bits per heavy atom. The molecule has 0 amide bonds. The molecule has 0 saturated heterocycles. The lowest BCUT2D eigenvalue weighted by Gasteiger charge is -2.21. The van der Waals surface area contributed by atoms with Gasteiger partial charge in [-0.25, -0.2) is 0 Å². The highest BCUT2D eigenvalue weighted by Gasteiger charge is 2.12. The first-order chi connectivity index (χ1) is 15.5. The predicted molar refractivity (Wildman–Crippen MR) is 129 cm³/mol. The van der Waals surface area contributed by atoms with Crippen LogP contribution in [0, 0.1) is 6.92 Å². The van der Waals surface area contributed by atoms with Gasteiger partial charge < -0.3 is 19.9 Å². The van der Waals surface area contributed by atoms with Gasteiger partial charge in [-0.15, -0.1) is 0 Å². The summed E-state index contributed by atoms with van der Waals surface area (Å²) in [4.78, 5) is 2.09. The highest BCUT2D eigenvalue weighted by Crippen LogP contribution is 2.28. The van der Waals surface area contributed by atoms with Crippen LogP contribution in [-0.4, -0.2) is 43.4 Å². The minimum atomic E-state index is -0.600. The molecule has 1 atom stereocenters. The second-order valence-corrected chi connectivity index (χ2v) is 8.22. The minimum Gasteiger partial charge on any atom is -0.493 e. The zero-order chi connectivity index (χ0) is 22.8. The number of hydrogen-bond acceptors (Lipinski definition) is 5. The summed E-state index contributed by atoms with van der Waals surface area (Å²) in [6.45, 7) is 5.13. The third-order valence-electron chi connectivity index (χ3n) is 5.22. The summed E-state index contributed by atoms with van der Waals surface area (Å²) in [6, 6.07) is 24.6. The van der Waals surface area contributed by atoms with Crippen LogP contribution in [0.5, 0.6) is 11.5 Å². The van der Waals surface area contributed by atoms with Crippen molar-refractivity contribution in [3.8, 4) is 11.5 Å². The molecule has 0 radical (unpaired) electrons. The number of methoxy groups -OCH3 is 1. The van der Waals surface area contributed by atoms with Gasteiger partial charge in [-0.05, 0) is 42.8 Å². The molecule has 170 valence electrons. The number of aliphatic hydroxyl groups is 1. The maximum Gasteiger partial charge on any atom is 0.161 e. The van der Waals surface area contributed by atoms with Gasteiger partial charge in [0.2, 0.25) is 0 Å². The number of rotatable bonds is 12. The first-order valence-corrected chi connectivity index (χ1v) is 11.0. The molecule has 0 aliphatic carbocycles. The van der Waals surface area contributed by atoms with Gasteiger partial charge in [0.05, 0.1) is 7.11 Å². The number of ether oxygens (including phenoxy) is 2. The van der Waals surface area contributed by atoms with Crippen LogP contribution in [0.2, 0.25) is 0 Å². The Morgan fingerprint density at radius 1 is 0.875 bits per heavy atom. The van der Waals surface area contributed by atoms with Crippen LogP contribution in [0.4, 0.5) is 0 Å². The van der Waals surface area contributed by atoms with Gasteiger partial charge >= 0.3 is 0 Å². The largest absolute Gasteiger partial charge is 0.493 e. The summed E-state index contributed by atoms with van der Waals surface area (Å²) in [6.07, 6.45) is -0.600. The van der Waals surface area contributed by atoms with E-state index < -0.39 is 6.10 Å². The van der Waals surface area contributed by atoms with Gasteiger partial charge in [0.1, 0.15) is 12.7 Å². The first-order valence-electron chi connectivity index (χ1n) is 11.0. The first kappa shape index (κ1) is 23.8. The van der Waals surface area contributed by atoms with Crippen LogP contribution in [0.15, 0.2) is 72.8 Å². The number of nitrogens with zero attached hydrogens (tertiary/aromatic N) is 1. The number of likely N-dealkylation sites (N-methyl/N-ethyl adjacent to an activating group) is 1. The quantitative estimate of drug-likeness (QED) is 0.448. The van der Waals surface area contributed by atoms with E-state index in [9.17, 15) is 5.11 Å². The summed E-state index contributed by atoms with van der Waals surface area (Å²) < 4.78 is 11.4. The predicted octanol–water partition coefficient (Wildman–Crippen LogP) is 4.17. The monoisotopic (exact) mass is 434 g/mol. The zero-order valence-electron chi connectivity index (χ0n) is 19.3. The molecule has 0 aromatic heterocycles. The fraction of sp³-hybridized carbons (Fsp3) is 0.333. The molecule has 2 N–H and O–H groups in total. The van der Waals surface area contributed by atoms with Crippen molar-refractivity contribution < 1.29 is 14.6 Å². The highest BCUT2D eigenvalue weighted by molar-refractivity contribution is 5.43. The lowest BCUT2D eigenvalue weighted by atomic mass is 10.1. The molecule has 0 fully saturated rings. The van der Waals surface area contributed by atoms with Gasteiger partial charge in [0.15, 0.2) is 11.5 Å². The van der Waals surface area contributed by atoms with Crippen LogP contribution in [0.3, 0.4) is 0 Å². The van der Waals surface area contributed by atoms with Crippen molar-refractivity contribution in [3.63, 3.8) is 0 Å². The van der Waals surface area contributed by atoms with E-state index in [2.05, 4.69) is 53.5 Å². The number of aryl methyl sites for hydroxylation is 1. The minimum absolute atomic E-state index is 0.204. The zero-order valence-corrected chi connectivity index (χ0v) is 19.3. The Balaban J connectivity index is 1.49. The molecular weight excluding hydrogens is 400 g/mol. The van der Waals surface area contributed by atoms with Crippen LogP contribution >= 0.6 is 0 Å². The van der Waals surface area contributed by atoms with Gasteiger partial charge in [-0.2, -0.15) is 0 Å². The molecule has 5 nitrogen and oxygen atoms in total. The van der Waals surface area contributed by atoms with Crippen molar-refractivity contribution in [2.75, 3.05) is 27.3 Å². The standard InChI is InChI=1S/C27H34N2O3/c1-21-8-7-11-23(14-21)16-28-17-24-12-13-26(31-3)27(15-24)32-20-25(30)19-29(2)18-22-9-5-4-6-10-22/h4-15,25,28,30H,16-20H2,1-3H3/t25-/m0/s1. The van der Waals surface area contributed by atoms with Crippen LogP contribution in [0.25, 0.3) is 0 Å². The maximum absolute atomic E-state index is 10.5. The summed E-state index contributed by atoms with van der Waals surface area (Å²) in [5.41, 5.74) is 4.84. The third-order valence-corrected chi connectivity index (χ3v) is 5.22. The van der Waals surface area contributed by atoms with Crippen molar-refractivity contribution in [1.82, 2.24) is 10.2 Å². The Hall–Kier alpha value is -2.86. The van der Waals surface area contributed by atoms with E-state index in [4.69, 9.17) is 9.47 Å². The lowest BCUT2D eigenvalue weighted by Crippen LogP contribution is -2.32. The molecule has 0 aliphatic heterocycles. The van der Waals surface area contributed by atoms with Crippen LogP contribution in [-0.2, 0) is 19.6 Å². The Morgan fingerprint density at radius 3 is 2.31 bits per heavy atom. The van der Waals surface area contributed by atoms with E-state index in [0.29, 0.717) is 18.0 Å². The molecule has 5 heteroatoms. The fourth-order valence-corrected chi connectivity index (χ4v) is 3.68. The molecule has 0 saturated carbocycles. The molecule has 0 heterocycles. The van der Waals surface area contributed by atoms with Crippen molar-refractivity contribution >= 4 is 0 Å². The topological polar surface area (TPSA) is 54.0 Å². The van der Waals surface area contributed by atoms with Crippen molar-refractivity contribution in [2.24, 2.45) is 0 Å². The number of hydrogen-bond donors (Lipinski definition) is 2. The molecule has 0 unspecified atom stereocenters. The average Bonchev–Trinajstić information content (AvgIpc) is 2.78. The summed E-state index contributed by atoms with van der Waals surface area (Å²) >= 11 is 0. The van der Waals surface area contributed by atoms with Crippen molar-refractivity contribution in [3.05, 3.63) is 95.1 Å². The van der Waals surface area contributed by atoms with E-state index in [1.807, 2.05) is 43.4 Å². The highest BCUT2D eigenvalue weighted by atomic mass is 16.5. The van der Waals surface area contributed by atoms with Crippen molar-refractivity contribution in [1.29, 1.82) is 0 Å². The summed E-state index contributed by atoms with van der Waals surface area (Å²) in [5, 5.41) is 13.9. The molecule has 3 aromatic carbocycles. The number of benzene rings is 3. The van der Waals surface area contributed by atoms with Gasteiger partial charge in [-0.3, -0.25) is 4.90 Å². The van der Waals surface area contributed by atoms with Crippen LogP contribution < -0.4 is 14.8 Å². The molecule has 3 aromatic rings. The van der Waals surface area contributed by atoms with E-state index in [-0.39, 0.29) is 6.61 Å². The van der Waals surface area contributed by atoms with E-state index in [0.717, 1.165) is 25.2 Å². The van der Waals surface area contributed by atoms with Gasteiger partial charge in [0.25, 0.3) is 0 Å². The second-order valence-electron chi connectivity index (χ2n) is 8.22. The lowest BCUT2D eigenvalue weighted by molar-refractivity contribution is 0.0732. The normalized spacial score (nSPS) is 12.0. The maximum atomic E-state index is 10.5. The number of nitrogens with one attached hydrogen (secondary N) is 1. The van der Waals surface area contributed by atoms with Crippen LogP contribution in [0.1, 0.15) is 22.3 Å².